The molecule has 0 radical (unpaired) electrons. The van der Waals surface area contributed by atoms with Crippen molar-refractivity contribution in [3.05, 3.63) is 60.2 Å². The quantitative estimate of drug-likeness (QED) is 0.783. The van der Waals surface area contributed by atoms with E-state index >= 15 is 0 Å². The van der Waals surface area contributed by atoms with Gasteiger partial charge < -0.3 is 10.1 Å². The van der Waals surface area contributed by atoms with Crippen molar-refractivity contribution in [1.82, 2.24) is 9.97 Å². The molecule has 0 aliphatic heterocycles. The molecule has 0 saturated heterocycles. The number of halogens is 1. The summed E-state index contributed by atoms with van der Waals surface area (Å²) in [6, 6.07) is 12.2. The maximum Gasteiger partial charge on any atom is 0.137 e. The Balaban J connectivity index is 1.72. The molecule has 0 fully saturated rings. The van der Waals surface area contributed by atoms with Gasteiger partial charge >= 0.3 is 0 Å². The number of nitrogens with zero attached hydrogens (tertiary/aromatic N) is 2. The minimum atomic E-state index is -0.215. The van der Waals surface area contributed by atoms with Crippen molar-refractivity contribution in [3.8, 4) is 5.75 Å². The normalized spacial score (nSPS) is 10.6. The van der Waals surface area contributed by atoms with Crippen LogP contribution in [-0.4, -0.2) is 23.6 Å². The molecule has 22 heavy (non-hydrogen) atoms. The molecule has 112 valence electrons. The van der Waals surface area contributed by atoms with E-state index in [0.29, 0.717) is 6.54 Å². The molecular formula is C17H16FN3O. The standard InChI is InChI=1S/C17H16FN3O/c1-22-14-6-7-15-16(10-14)20-11-21-17(15)19-9-8-12-2-4-13(18)5-3-12/h2-7,10-11H,8-9H2,1H3,(H,19,20,21). The minimum absolute atomic E-state index is 0.215. The highest BCUT2D eigenvalue weighted by Gasteiger charge is 2.04. The van der Waals surface area contributed by atoms with Crippen LogP contribution in [0.2, 0.25) is 0 Å². The van der Waals surface area contributed by atoms with E-state index in [1.165, 1.54) is 18.5 Å². The number of hydrogen-bond acceptors (Lipinski definition) is 4. The molecule has 1 N–H and O–H groups in total. The number of ether oxygens (including phenoxy) is 1. The zero-order chi connectivity index (χ0) is 15.4. The lowest BCUT2D eigenvalue weighted by Gasteiger charge is -2.09. The van der Waals surface area contributed by atoms with E-state index in [0.717, 1.165) is 34.5 Å². The average Bonchev–Trinajstić information content (AvgIpc) is 2.56. The van der Waals surface area contributed by atoms with Crippen LogP contribution in [0.3, 0.4) is 0 Å². The van der Waals surface area contributed by atoms with Gasteiger partial charge in [-0.1, -0.05) is 12.1 Å². The van der Waals surface area contributed by atoms with Crippen LogP contribution in [0, 0.1) is 5.82 Å². The SMILES string of the molecule is COc1ccc2c(NCCc3ccc(F)cc3)ncnc2c1. The molecule has 0 bridgehead atoms. The molecule has 4 nitrogen and oxygen atoms in total. The smallest absolute Gasteiger partial charge is 0.137 e. The first-order chi connectivity index (χ1) is 10.8. The van der Waals surface area contributed by atoms with Gasteiger partial charge in [0.2, 0.25) is 0 Å². The molecule has 1 aromatic heterocycles. The third-order valence-electron chi connectivity index (χ3n) is 3.46. The van der Waals surface area contributed by atoms with Crippen LogP contribution in [0.5, 0.6) is 5.75 Å². The Labute approximate surface area is 128 Å². The van der Waals surface area contributed by atoms with Gasteiger partial charge in [-0.25, -0.2) is 14.4 Å². The van der Waals surface area contributed by atoms with E-state index in [1.807, 2.05) is 18.2 Å². The Hall–Kier alpha value is -2.69. The van der Waals surface area contributed by atoms with Crippen molar-refractivity contribution in [2.75, 3.05) is 19.0 Å². The first-order valence-electron chi connectivity index (χ1n) is 7.03. The predicted molar refractivity (Wildman–Crippen MR) is 84.7 cm³/mol. The number of nitrogens with one attached hydrogen (secondary N) is 1. The van der Waals surface area contributed by atoms with E-state index in [1.54, 1.807) is 19.2 Å². The van der Waals surface area contributed by atoms with Gasteiger partial charge in [-0.05, 0) is 36.2 Å². The third kappa shape index (κ3) is 3.14. The average molecular weight is 297 g/mol. The molecule has 0 saturated carbocycles. The van der Waals surface area contributed by atoms with E-state index in [2.05, 4.69) is 15.3 Å². The summed E-state index contributed by atoms with van der Waals surface area (Å²) in [5, 5.41) is 4.25. The monoisotopic (exact) mass is 297 g/mol. The van der Waals surface area contributed by atoms with Crippen LogP contribution < -0.4 is 10.1 Å². The van der Waals surface area contributed by atoms with Gasteiger partial charge in [0.05, 0.1) is 12.6 Å². The fourth-order valence-corrected chi connectivity index (χ4v) is 2.28. The summed E-state index contributed by atoms with van der Waals surface area (Å²) in [6.07, 6.45) is 2.32. The van der Waals surface area contributed by atoms with E-state index in [4.69, 9.17) is 4.74 Å². The van der Waals surface area contributed by atoms with Crippen molar-refractivity contribution in [2.45, 2.75) is 6.42 Å². The van der Waals surface area contributed by atoms with Gasteiger partial charge in [-0.3, -0.25) is 0 Å². The van der Waals surface area contributed by atoms with Crippen LogP contribution in [-0.2, 0) is 6.42 Å². The molecular weight excluding hydrogens is 281 g/mol. The second-order valence-electron chi connectivity index (χ2n) is 4.91. The summed E-state index contributed by atoms with van der Waals surface area (Å²) in [4.78, 5) is 8.54. The molecule has 0 atom stereocenters. The lowest BCUT2D eigenvalue weighted by Crippen LogP contribution is -2.07. The van der Waals surface area contributed by atoms with Crippen molar-refractivity contribution in [2.24, 2.45) is 0 Å². The first-order valence-corrected chi connectivity index (χ1v) is 7.03. The lowest BCUT2D eigenvalue weighted by atomic mass is 10.1. The molecule has 3 aromatic rings. The van der Waals surface area contributed by atoms with E-state index < -0.39 is 0 Å². The second-order valence-corrected chi connectivity index (χ2v) is 4.91. The Morgan fingerprint density at radius 3 is 2.68 bits per heavy atom. The van der Waals surface area contributed by atoms with Crippen LogP contribution in [0.25, 0.3) is 10.9 Å². The van der Waals surface area contributed by atoms with E-state index in [-0.39, 0.29) is 5.82 Å². The summed E-state index contributed by atoms with van der Waals surface area (Å²) < 4.78 is 18.1. The number of aromatic nitrogens is 2. The third-order valence-corrected chi connectivity index (χ3v) is 3.46. The highest BCUT2D eigenvalue weighted by atomic mass is 19.1. The fraction of sp³-hybridized carbons (Fsp3) is 0.176. The van der Waals surface area contributed by atoms with Crippen molar-refractivity contribution < 1.29 is 9.13 Å². The number of methoxy groups -OCH3 is 1. The van der Waals surface area contributed by atoms with Crippen molar-refractivity contribution in [3.63, 3.8) is 0 Å². The van der Waals surface area contributed by atoms with Gasteiger partial charge in [-0.2, -0.15) is 0 Å². The number of anilines is 1. The van der Waals surface area contributed by atoms with Crippen LogP contribution >= 0.6 is 0 Å². The molecule has 1 heterocycles. The maximum absolute atomic E-state index is 12.9. The molecule has 3 rings (SSSR count). The highest BCUT2D eigenvalue weighted by Crippen LogP contribution is 2.23. The summed E-state index contributed by atoms with van der Waals surface area (Å²) in [5.74, 6) is 1.34. The maximum atomic E-state index is 12.9. The second kappa shape index (κ2) is 6.39. The van der Waals surface area contributed by atoms with Crippen molar-refractivity contribution >= 4 is 16.7 Å². The van der Waals surface area contributed by atoms with Gasteiger partial charge in [0.15, 0.2) is 0 Å². The fourth-order valence-electron chi connectivity index (χ4n) is 2.28. The van der Waals surface area contributed by atoms with Crippen LogP contribution in [0.1, 0.15) is 5.56 Å². The van der Waals surface area contributed by atoms with Crippen molar-refractivity contribution in [1.29, 1.82) is 0 Å². The zero-order valence-electron chi connectivity index (χ0n) is 12.2. The Morgan fingerprint density at radius 2 is 1.91 bits per heavy atom. The van der Waals surface area contributed by atoms with Gasteiger partial charge in [0.25, 0.3) is 0 Å². The number of hydrogen-bond donors (Lipinski definition) is 1. The molecule has 2 aromatic carbocycles. The number of rotatable bonds is 5. The summed E-state index contributed by atoms with van der Waals surface area (Å²) in [5.41, 5.74) is 1.91. The van der Waals surface area contributed by atoms with Crippen LogP contribution in [0.4, 0.5) is 10.2 Å². The molecule has 0 spiro atoms. The van der Waals surface area contributed by atoms with E-state index in [9.17, 15) is 4.39 Å². The molecule has 0 amide bonds. The van der Waals surface area contributed by atoms with Gasteiger partial charge in [0, 0.05) is 18.0 Å². The topological polar surface area (TPSA) is 47.0 Å². The van der Waals surface area contributed by atoms with Crippen LogP contribution in [0.15, 0.2) is 48.8 Å². The number of fused-ring (bicyclic) bond motifs is 1. The summed E-state index contributed by atoms with van der Waals surface area (Å²) >= 11 is 0. The first kappa shape index (κ1) is 14.3. The summed E-state index contributed by atoms with van der Waals surface area (Å²) in [7, 11) is 1.63. The predicted octanol–water partition coefficient (Wildman–Crippen LogP) is 3.43. The Kier molecular flexibility index (Phi) is 4.14. The lowest BCUT2D eigenvalue weighted by molar-refractivity contribution is 0.415. The molecule has 0 aliphatic carbocycles. The minimum Gasteiger partial charge on any atom is -0.497 e. The Bertz CT molecular complexity index is 774. The highest BCUT2D eigenvalue weighted by molar-refractivity contribution is 5.89. The number of benzene rings is 2. The summed E-state index contributed by atoms with van der Waals surface area (Å²) in [6.45, 7) is 0.712. The molecule has 0 aliphatic rings. The molecule has 5 heteroatoms. The van der Waals surface area contributed by atoms with Gasteiger partial charge in [0.1, 0.15) is 23.7 Å². The largest absolute Gasteiger partial charge is 0.497 e. The zero-order valence-corrected chi connectivity index (χ0v) is 12.2. The Morgan fingerprint density at radius 1 is 1.09 bits per heavy atom. The van der Waals surface area contributed by atoms with Gasteiger partial charge in [-0.15, -0.1) is 0 Å². The molecule has 0 unspecified atom stereocenters.